The molecule has 0 radical (unpaired) electrons. The number of benzene rings is 3. The average molecular weight is 370 g/mol. The lowest BCUT2D eigenvalue weighted by molar-refractivity contribution is 0.252. The highest BCUT2D eigenvalue weighted by atomic mass is 16.2. The number of aromatic amines is 1. The van der Waals surface area contributed by atoms with Gasteiger partial charge in [-0.05, 0) is 42.2 Å². The van der Waals surface area contributed by atoms with Gasteiger partial charge in [-0.15, -0.1) is 0 Å². The van der Waals surface area contributed by atoms with Crippen LogP contribution in [0.5, 0.6) is 0 Å². The summed E-state index contributed by atoms with van der Waals surface area (Å²) in [6, 6.07) is 24.3. The summed E-state index contributed by atoms with van der Waals surface area (Å²) in [4.78, 5) is 12.2. The maximum absolute atomic E-state index is 12.2. The molecule has 2 amide bonds. The molecule has 0 atom stereocenters. The molecule has 5 nitrogen and oxygen atoms in total. The van der Waals surface area contributed by atoms with E-state index in [1.807, 2.05) is 42.5 Å². The van der Waals surface area contributed by atoms with E-state index in [0.29, 0.717) is 12.4 Å². The van der Waals surface area contributed by atoms with Crippen LogP contribution in [0.25, 0.3) is 22.0 Å². The van der Waals surface area contributed by atoms with Crippen molar-refractivity contribution < 1.29 is 4.79 Å². The fraction of sp³-hybridized carbons (Fsp3) is 0.130. The van der Waals surface area contributed by atoms with Crippen molar-refractivity contribution in [3.05, 3.63) is 83.9 Å². The number of hydrogen-bond donors (Lipinski definition) is 3. The van der Waals surface area contributed by atoms with E-state index in [-0.39, 0.29) is 6.03 Å². The number of anilines is 1. The zero-order valence-electron chi connectivity index (χ0n) is 15.7. The van der Waals surface area contributed by atoms with Gasteiger partial charge < -0.3 is 5.32 Å². The smallest absolute Gasteiger partial charge is 0.320 e. The molecule has 4 aromatic rings. The fourth-order valence-corrected chi connectivity index (χ4v) is 3.24. The first-order valence-corrected chi connectivity index (χ1v) is 9.33. The van der Waals surface area contributed by atoms with Crippen LogP contribution in [0, 0.1) is 6.92 Å². The second kappa shape index (κ2) is 7.96. The second-order valence-electron chi connectivity index (χ2n) is 6.82. The number of carbonyl (C=O) groups is 1. The molecule has 0 fully saturated rings. The highest BCUT2D eigenvalue weighted by Crippen LogP contribution is 2.27. The van der Waals surface area contributed by atoms with E-state index in [1.165, 1.54) is 11.1 Å². The largest absolute Gasteiger partial charge is 0.337 e. The van der Waals surface area contributed by atoms with Crippen LogP contribution < -0.4 is 10.6 Å². The summed E-state index contributed by atoms with van der Waals surface area (Å²) in [5, 5.41) is 13.8. The molecule has 0 bridgehead atoms. The molecule has 0 aliphatic heterocycles. The zero-order valence-corrected chi connectivity index (χ0v) is 15.7. The normalized spacial score (nSPS) is 10.8. The second-order valence-corrected chi connectivity index (χ2v) is 6.82. The molecule has 5 heteroatoms. The highest BCUT2D eigenvalue weighted by molar-refractivity contribution is 6.00. The number of nitrogens with zero attached hydrogens (tertiary/aromatic N) is 1. The number of aryl methyl sites for hydroxylation is 1. The SMILES string of the molecule is Cc1cccc(-c2ccc3c(NC(=O)NCCc4ccccc4)n[nH]c3c2)c1. The van der Waals surface area contributed by atoms with Gasteiger partial charge in [0.05, 0.1) is 5.52 Å². The van der Waals surface area contributed by atoms with Gasteiger partial charge in [0, 0.05) is 11.9 Å². The number of rotatable bonds is 5. The number of hydrogen-bond acceptors (Lipinski definition) is 2. The number of amides is 2. The fourth-order valence-electron chi connectivity index (χ4n) is 3.24. The summed E-state index contributed by atoms with van der Waals surface area (Å²) in [6.07, 6.45) is 0.787. The van der Waals surface area contributed by atoms with Crippen molar-refractivity contribution in [2.75, 3.05) is 11.9 Å². The van der Waals surface area contributed by atoms with E-state index in [1.54, 1.807) is 0 Å². The van der Waals surface area contributed by atoms with Crippen molar-refractivity contribution in [2.45, 2.75) is 13.3 Å². The maximum Gasteiger partial charge on any atom is 0.320 e. The summed E-state index contributed by atoms with van der Waals surface area (Å²) in [5.74, 6) is 0.531. The van der Waals surface area contributed by atoms with Gasteiger partial charge in [0.15, 0.2) is 5.82 Å². The first-order chi connectivity index (χ1) is 13.7. The molecule has 1 heterocycles. The molecule has 0 unspecified atom stereocenters. The first-order valence-electron chi connectivity index (χ1n) is 9.33. The van der Waals surface area contributed by atoms with Gasteiger partial charge in [-0.2, -0.15) is 5.10 Å². The van der Waals surface area contributed by atoms with E-state index in [4.69, 9.17) is 0 Å². The van der Waals surface area contributed by atoms with Crippen molar-refractivity contribution in [3.63, 3.8) is 0 Å². The lowest BCUT2D eigenvalue weighted by Gasteiger charge is -2.06. The predicted octanol–water partition coefficient (Wildman–Crippen LogP) is 4.90. The molecule has 0 saturated carbocycles. The van der Waals surface area contributed by atoms with Gasteiger partial charge in [-0.25, -0.2) is 4.79 Å². The Hall–Kier alpha value is -3.60. The van der Waals surface area contributed by atoms with Gasteiger partial charge in [-0.3, -0.25) is 10.4 Å². The Labute approximate surface area is 163 Å². The Morgan fingerprint density at radius 3 is 2.61 bits per heavy atom. The van der Waals surface area contributed by atoms with E-state index in [2.05, 4.69) is 58.1 Å². The number of nitrogens with one attached hydrogen (secondary N) is 3. The molecule has 140 valence electrons. The van der Waals surface area contributed by atoms with E-state index >= 15 is 0 Å². The van der Waals surface area contributed by atoms with Crippen molar-refractivity contribution in [2.24, 2.45) is 0 Å². The van der Waals surface area contributed by atoms with Gasteiger partial charge in [-0.1, -0.05) is 66.2 Å². The minimum atomic E-state index is -0.257. The van der Waals surface area contributed by atoms with E-state index in [0.717, 1.165) is 28.5 Å². The van der Waals surface area contributed by atoms with Crippen LogP contribution in [-0.2, 0) is 6.42 Å². The Bertz CT molecular complexity index is 1100. The van der Waals surface area contributed by atoms with Crippen LogP contribution in [0.4, 0.5) is 10.6 Å². The van der Waals surface area contributed by atoms with Crippen LogP contribution in [0.1, 0.15) is 11.1 Å². The van der Waals surface area contributed by atoms with Gasteiger partial charge in [0.25, 0.3) is 0 Å². The summed E-state index contributed by atoms with van der Waals surface area (Å²) in [5.41, 5.74) is 5.57. The molecule has 3 N–H and O–H groups in total. The molecule has 4 rings (SSSR count). The molecule has 0 aliphatic rings. The molecule has 28 heavy (non-hydrogen) atoms. The van der Waals surface area contributed by atoms with Crippen LogP contribution >= 0.6 is 0 Å². The summed E-state index contributed by atoms with van der Waals surface area (Å²) in [6.45, 7) is 2.65. The van der Waals surface area contributed by atoms with Crippen LogP contribution in [-0.4, -0.2) is 22.8 Å². The molecular weight excluding hydrogens is 348 g/mol. The lowest BCUT2D eigenvalue weighted by Crippen LogP contribution is -2.30. The van der Waals surface area contributed by atoms with E-state index in [9.17, 15) is 4.79 Å². The minimum Gasteiger partial charge on any atom is -0.337 e. The first kappa shape index (κ1) is 17.8. The van der Waals surface area contributed by atoms with Crippen molar-refractivity contribution >= 4 is 22.8 Å². The van der Waals surface area contributed by atoms with Gasteiger partial charge in [0.1, 0.15) is 0 Å². The predicted molar refractivity (Wildman–Crippen MR) is 113 cm³/mol. The average Bonchev–Trinajstić information content (AvgIpc) is 3.11. The zero-order chi connectivity index (χ0) is 19.3. The van der Waals surface area contributed by atoms with Crippen molar-refractivity contribution in [1.82, 2.24) is 15.5 Å². The maximum atomic E-state index is 12.2. The number of carbonyl (C=O) groups excluding carboxylic acids is 1. The Kier molecular flexibility index (Phi) is 5.06. The number of urea groups is 1. The third-order valence-corrected chi connectivity index (χ3v) is 4.69. The molecule has 0 spiro atoms. The standard InChI is InChI=1S/C23H22N4O/c1-16-6-5-9-18(14-16)19-10-11-20-21(15-19)26-27-22(20)25-23(28)24-13-12-17-7-3-2-4-8-17/h2-11,14-15H,12-13H2,1H3,(H3,24,25,26,27,28). The summed E-state index contributed by atoms with van der Waals surface area (Å²) in [7, 11) is 0. The summed E-state index contributed by atoms with van der Waals surface area (Å²) >= 11 is 0. The van der Waals surface area contributed by atoms with Crippen molar-refractivity contribution in [3.8, 4) is 11.1 Å². The Balaban J connectivity index is 1.42. The summed E-state index contributed by atoms with van der Waals surface area (Å²) < 4.78 is 0. The minimum absolute atomic E-state index is 0.257. The number of H-pyrrole nitrogens is 1. The molecule has 0 saturated heterocycles. The van der Waals surface area contributed by atoms with E-state index < -0.39 is 0 Å². The third kappa shape index (κ3) is 4.04. The number of aromatic nitrogens is 2. The number of fused-ring (bicyclic) bond motifs is 1. The molecule has 1 aromatic heterocycles. The van der Waals surface area contributed by atoms with Gasteiger partial charge in [0.2, 0.25) is 0 Å². The van der Waals surface area contributed by atoms with Gasteiger partial charge >= 0.3 is 6.03 Å². The van der Waals surface area contributed by atoms with Crippen LogP contribution in [0.2, 0.25) is 0 Å². The molecule has 0 aliphatic carbocycles. The Morgan fingerprint density at radius 1 is 0.964 bits per heavy atom. The topological polar surface area (TPSA) is 69.8 Å². The van der Waals surface area contributed by atoms with Crippen molar-refractivity contribution in [1.29, 1.82) is 0 Å². The van der Waals surface area contributed by atoms with Crippen LogP contribution in [0.15, 0.2) is 72.8 Å². The highest BCUT2D eigenvalue weighted by Gasteiger charge is 2.10. The monoisotopic (exact) mass is 370 g/mol. The quantitative estimate of drug-likeness (QED) is 0.467. The molecule has 3 aromatic carbocycles. The molecular formula is C23H22N4O. The van der Waals surface area contributed by atoms with Crippen LogP contribution in [0.3, 0.4) is 0 Å². The third-order valence-electron chi connectivity index (χ3n) is 4.69. The lowest BCUT2D eigenvalue weighted by atomic mass is 10.0. The Morgan fingerprint density at radius 2 is 1.79 bits per heavy atom.